The van der Waals surface area contributed by atoms with E-state index in [1.54, 1.807) is 24.3 Å². The highest BCUT2D eigenvalue weighted by Crippen LogP contribution is 2.27. The zero-order valence-electron chi connectivity index (χ0n) is 13.2. The Labute approximate surface area is 145 Å². The van der Waals surface area contributed by atoms with Crippen molar-refractivity contribution in [3.8, 4) is 0 Å². The summed E-state index contributed by atoms with van der Waals surface area (Å²) in [7, 11) is -3.54. The van der Waals surface area contributed by atoms with E-state index in [0.717, 1.165) is 0 Å². The number of hydrogen-bond acceptors (Lipinski definition) is 5. The molecular formula is C17H16N2O5S. The zero-order chi connectivity index (χ0) is 18.0. The number of amides is 1. The minimum atomic E-state index is -3.54. The molecule has 1 heterocycles. The Morgan fingerprint density at radius 1 is 1.08 bits per heavy atom. The zero-order valence-corrected chi connectivity index (χ0v) is 14.1. The van der Waals surface area contributed by atoms with E-state index in [9.17, 15) is 23.3 Å². The molecule has 0 saturated carbocycles. The van der Waals surface area contributed by atoms with Crippen molar-refractivity contribution >= 4 is 21.4 Å². The van der Waals surface area contributed by atoms with Crippen LogP contribution in [0.25, 0.3) is 0 Å². The van der Waals surface area contributed by atoms with Crippen LogP contribution in [0, 0.1) is 10.1 Å². The summed E-state index contributed by atoms with van der Waals surface area (Å²) in [6.07, 6.45) is 0.309. The number of likely N-dealkylation sites (tertiary alicyclic amines) is 1. The summed E-state index contributed by atoms with van der Waals surface area (Å²) in [6.45, 7) is 0.281. The number of sulfone groups is 1. The highest BCUT2D eigenvalue weighted by atomic mass is 32.2. The van der Waals surface area contributed by atoms with E-state index < -0.39 is 25.9 Å². The molecule has 0 aliphatic carbocycles. The third-order valence-corrected chi connectivity index (χ3v) is 6.47. The number of rotatable bonds is 4. The van der Waals surface area contributed by atoms with Crippen molar-refractivity contribution in [3.05, 3.63) is 70.3 Å². The van der Waals surface area contributed by atoms with Gasteiger partial charge in [-0.25, -0.2) is 8.42 Å². The third-order valence-electron chi connectivity index (χ3n) is 4.27. The number of para-hydroxylation sites is 1. The molecule has 1 atom stereocenters. The van der Waals surface area contributed by atoms with Crippen molar-refractivity contribution in [1.82, 2.24) is 4.90 Å². The number of hydrogen-bond donors (Lipinski definition) is 0. The molecule has 0 N–H and O–H groups in total. The van der Waals surface area contributed by atoms with Gasteiger partial charge in [-0.15, -0.1) is 0 Å². The smallest absolute Gasteiger partial charge is 0.282 e. The van der Waals surface area contributed by atoms with Crippen LogP contribution in [0.3, 0.4) is 0 Å². The SMILES string of the molecule is O=C(c1ccccc1[N+](=O)[O-])N1CCC(S(=O)(=O)c2ccccc2)C1. The summed E-state index contributed by atoms with van der Waals surface area (Å²) in [5.74, 6) is -0.516. The molecule has 0 spiro atoms. The number of carbonyl (C=O) groups excluding carboxylic acids is 1. The quantitative estimate of drug-likeness (QED) is 0.615. The van der Waals surface area contributed by atoms with Crippen LogP contribution in [-0.2, 0) is 9.84 Å². The van der Waals surface area contributed by atoms with Gasteiger partial charge in [0.15, 0.2) is 9.84 Å². The fourth-order valence-electron chi connectivity index (χ4n) is 2.95. The molecule has 2 aromatic rings. The lowest BCUT2D eigenvalue weighted by molar-refractivity contribution is -0.385. The number of nitro groups is 1. The van der Waals surface area contributed by atoms with Crippen LogP contribution in [0.5, 0.6) is 0 Å². The lowest BCUT2D eigenvalue weighted by Crippen LogP contribution is -2.32. The van der Waals surface area contributed by atoms with Crippen molar-refractivity contribution < 1.29 is 18.1 Å². The molecule has 0 bridgehead atoms. The Bertz CT molecular complexity index is 912. The first-order valence-corrected chi connectivity index (χ1v) is 9.27. The Morgan fingerprint density at radius 3 is 2.40 bits per heavy atom. The molecule has 7 nitrogen and oxygen atoms in total. The number of nitro benzene ring substituents is 1. The van der Waals surface area contributed by atoms with Gasteiger partial charge in [0, 0.05) is 19.2 Å². The molecule has 8 heteroatoms. The third kappa shape index (κ3) is 3.25. The summed E-state index contributed by atoms with van der Waals surface area (Å²) in [6, 6.07) is 13.8. The Balaban J connectivity index is 1.82. The van der Waals surface area contributed by atoms with E-state index in [1.165, 1.54) is 35.2 Å². The monoisotopic (exact) mass is 360 g/mol. The molecule has 1 aliphatic heterocycles. The van der Waals surface area contributed by atoms with E-state index in [4.69, 9.17) is 0 Å². The molecule has 1 amide bonds. The van der Waals surface area contributed by atoms with Gasteiger partial charge in [-0.2, -0.15) is 0 Å². The summed E-state index contributed by atoms with van der Waals surface area (Å²) in [5, 5.41) is 10.4. The Kier molecular flexibility index (Phi) is 4.54. The summed E-state index contributed by atoms with van der Waals surface area (Å²) < 4.78 is 25.3. The first-order chi connectivity index (χ1) is 11.9. The molecule has 1 saturated heterocycles. The molecule has 2 aromatic carbocycles. The summed E-state index contributed by atoms with van der Waals surface area (Å²) in [5.41, 5.74) is -0.299. The minimum Gasteiger partial charge on any atom is -0.337 e. The van der Waals surface area contributed by atoms with Gasteiger partial charge in [0.25, 0.3) is 11.6 Å². The largest absolute Gasteiger partial charge is 0.337 e. The van der Waals surface area contributed by atoms with Crippen LogP contribution >= 0.6 is 0 Å². The predicted molar refractivity (Wildman–Crippen MR) is 91.0 cm³/mol. The van der Waals surface area contributed by atoms with Crippen molar-refractivity contribution in [2.45, 2.75) is 16.6 Å². The number of carbonyl (C=O) groups is 1. The lowest BCUT2D eigenvalue weighted by atomic mass is 10.1. The topological polar surface area (TPSA) is 97.6 Å². The van der Waals surface area contributed by atoms with Gasteiger partial charge in [-0.1, -0.05) is 30.3 Å². The van der Waals surface area contributed by atoms with E-state index in [0.29, 0.717) is 6.42 Å². The van der Waals surface area contributed by atoms with Crippen molar-refractivity contribution in [1.29, 1.82) is 0 Å². The highest BCUT2D eigenvalue weighted by molar-refractivity contribution is 7.92. The van der Waals surface area contributed by atoms with Gasteiger partial charge in [-0.05, 0) is 24.6 Å². The highest BCUT2D eigenvalue weighted by Gasteiger charge is 2.37. The molecular weight excluding hydrogens is 344 g/mol. The first-order valence-electron chi connectivity index (χ1n) is 7.73. The maximum absolute atomic E-state index is 12.7. The fraction of sp³-hybridized carbons (Fsp3) is 0.235. The van der Waals surface area contributed by atoms with Crippen molar-refractivity contribution in [2.24, 2.45) is 0 Å². The number of benzene rings is 2. The fourth-order valence-corrected chi connectivity index (χ4v) is 4.67. The Morgan fingerprint density at radius 2 is 1.72 bits per heavy atom. The van der Waals surface area contributed by atoms with Gasteiger partial charge < -0.3 is 4.90 Å². The second-order valence-corrected chi connectivity index (χ2v) is 8.02. The number of nitrogens with zero attached hydrogens (tertiary/aromatic N) is 2. The van der Waals surface area contributed by atoms with Crippen LogP contribution in [0.4, 0.5) is 5.69 Å². The molecule has 0 radical (unpaired) electrons. The standard InChI is InChI=1S/C17H16N2O5S/c20-17(15-8-4-5-9-16(15)19(21)22)18-11-10-14(12-18)25(23,24)13-6-2-1-3-7-13/h1-9,14H,10-12H2. The van der Waals surface area contributed by atoms with Crippen LogP contribution in [-0.4, -0.2) is 42.5 Å². The van der Waals surface area contributed by atoms with Gasteiger partial charge in [0.1, 0.15) is 5.56 Å². The molecule has 1 unspecified atom stereocenters. The maximum Gasteiger partial charge on any atom is 0.282 e. The second-order valence-electron chi connectivity index (χ2n) is 5.79. The van der Waals surface area contributed by atoms with Crippen LogP contribution in [0.2, 0.25) is 0 Å². The van der Waals surface area contributed by atoms with E-state index in [-0.39, 0.29) is 29.2 Å². The van der Waals surface area contributed by atoms with Gasteiger partial charge in [0.2, 0.25) is 0 Å². The van der Waals surface area contributed by atoms with E-state index >= 15 is 0 Å². The minimum absolute atomic E-state index is 0.0229. The van der Waals surface area contributed by atoms with Crippen LogP contribution < -0.4 is 0 Å². The van der Waals surface area contributed by atoms with Gasteiger partial charge in [-0.3, -0.25) is 14.9 Å². The van der Waals surface area contributed by atoms with Crippen molar-refractivity contribution in [3.63, 3.8) is 0 Å². The normalized spacial score (nSPS) is 17.4. The second kappa shape index (κ2) is 6.64. The van der Waals surface area contributed by atoms with E-state index in [2.05, 4.69) is 0 Å². The molecule has 1 aliphatic rings. The first kappa shape index (κ1) is 17.1. The molecule has 25 heavy (non-hydrogen) atoms. The van der Waals surface area contributed by atoms with E-state index in [1.807, 2.05) is 0 Å². The predicted octanol–water partition coefficient (Wildman–Crippen LogP) is 2.28. The van der Waals surface area contributed by atoms with Gasteiger partial charge >= 0.3 is 0 Å². The Hall–Kier alpha value is -2.74. The lowest BCUT2D eigenvalue weighted by Gasteiger charge is -2.17. The van der Waals surface area contributed by atoms with Crippen LogP contribution in [0.15, 0.2) is 59.5 Å². The average Bonchev–Trinajstić information content (AvgIpc) is 3.13. The summed E-state index contributed by atoms with van der Waals surface area (Å²) in [4.78, 5) is 24.7. The average molecular weight is 360 g/mol. The van der Waals surface area contributed by atoms with Crippen molar-refractivity contribution in [2.75, 3.05) is 13.1 Å². The molecule has 3 rings (SSSR count). The maximum atomic E-state index is 12.7. The van der Waals surface area contributed by atoms with Crippen LogP contribution in [0.1, 0.15) is 16.8 Å². The molecule has 1 fully saturated rings. The molecule has 0 aromatic heterocycles. The molecule has 130 valence electrons. The van der Waals surface area contributed by atoms with Gasteiger partial charge in [0.05, 0.1) is 15.1 Å². The summed E-state index contributed by atoms with van der Waals surface area (Å²) >= 11 is 0.